The molecule has 0 aromatic heterocycles. The SMILES string of the molecule is C1CCN(CCCCN2CCCC2)C1.C1CCN(CCCCN2CCCC2)C1. The van der Waals surface area contributed by atoms with E-state index < -0.39 is 0 Å². The van der Waals surface area contributed by atoms with Crippen molar-refractivity contribution in [3.8, 4) is 0 Å². The van der Waals surface area contributed by atoms with Crippen LogP contribution >= 0.6 is 0 Å². The molecule has 4 aliphatic rings. The molecule has 4 heterocycles. The van der Waals surface area contributed by atoms with Gasteiger partial charge in [-0.3, -0.25) is 0 Å². The van der Waals surface area contributed by atoms with Gasteiger partial charge in [0.05, 0.1) is 0 Å². The van der Waals surface area contributed by atoms with Gasteiger partial charge in [0.15, 0.2) is 0 Å². The van der Waals surface area contributed by atoms with Gasteiger partial charge >= 0.3 is 0 Å². The molecule has 0 aliphatic carbocycles. The highest BCUT2D eigenvalue weighted by atomic mass is 15.2. The summed E-state index contributed by atoms with van der Waals surface area (Å²) in [6.07, 6.45) is 17.1. The topological polar surface area (TPSA) is 13.0 Å². The fourth-order valence-electron chi connectivity index (χ4n) is 5.37. The molecule has 0 atom stereocenters. The maximum absolute atomic E-state index is 2.63. The third-order valence-electron chi connectivity index (χ3n) is 7.19. The van der Waals surface area contributed by atoms with Gasteiger partial charge in [0.1, 0.15) is 0 Å². The third kappa shape index (κ3) is 9.11. The first-order valence-corrected chi connectivity index (χ1v) is 12.8. The molecule has 4 heteroatoms. The number of unbranched alkanes of at least 4 members (excludes halogenated alkanes) is 2. The van der Waals surface area contributed by atoms with Gasteiger partial charge in [-0.05, 0) is 156 Å². The van der Waals surface area contributed by atoms with Crippen molar-refractivity contribution < 1.29 is 0 Å². The van der Waals surface area contributed by atoms with Crippen LogP contribution in [0.15, 0.2) is 0 Å². The van der Waals surface area contributed by atoms with Crippen LogP contribution in [0.25, 0.3) is 0 Å². The van der Waals surface area contributed by atoms with Crippen LogP contribution in [0.5, 0.6) is 0 Å². The minimum Gasteiger partial charge on any atom is -0.303 e. The highest BCUT2D eigenvalue weighted by molar-refractivity contribution is 4.69. The lowest BCUT2D eigenvalue weighted by atomic mass is 10.3. The molecule has 28 heavy (non-hydrogen) atoms. The monoisotopic (exact) mass is 392 g/mol. The minimum atomic E-state index is 1.36. The Kier molecular flexibility index (Phi) is 11.2. The normalized spacial score (nSPS) is 24.9. The van der Waals surface area contributed by atoms with E-state index in [-0.39, 0.29) is 0 Å². The molecular formula is C24H48N4. The lowest BCUT2D eigenvalue weighted by Gasteiger charge is -2.17. The summed E-state index contributed by atoms with van der Waals surface area (Å²) in [6.45, 7) is 16.3. The zero-order chi connectivity index (χ0) is 19.3. The van der Waals surface area contributed by atoms with E-state index in [0.717, 1.165) is 0 Å². The van der Waals surface area contributed by atoms with Gasteiger partial charge in [0, 0.05) is 0 Å². The molecular weight excluding hydrogens is 344 g/mol. The minimum absolute atomic E-state index is 1.36. The van der Waals surface area contributed by atoms with Crippen LogP contribution in [0.1, 0.15) is 77.0 Å². The number of likely N-dealkylation sites (tertiary alicyclic amines) is 4. The van der Waals surface area contributed by atoms with Gasteiger partial charge in [0.2, 0.25) is 0 Å². The Balaban J connectivity index is 0.000000161. The Hall–Kier alpha value is -0.160. The van der Waals surface area contributed by atoms with Crippen molar-refractivity contribution in [3.63, 3.8) is 0 Å². The molecule has 0 bridgehead atoms. The molecule has 0 radical (unpaired) electrons. The smallest absolute Gasteiger partial charge is 0.00183 e. The Bertz CT molecular complexity index is 293. The lowest BCUT2D eigenvalue weighted by molar-refractivity contribution is 0.295. The van der Waals surface area contributed by atoms with Crippen LogP contribution in [0.2, 0.25) is 0 Å². The quantitative estimate of drug-likeness (QED) is 0.522. The first-order chi connectivity index (χ1) is 13.9. The number of nitrogens with zero attached hydrogens (tertiary/aromatic N) is 4. The zero-order valence-electron chi connectivity index (χ0n) is 18.8. The second kappa shape index (κ2) is 14.0. The summed E-state index contributed by atoms with van der Waals surface area (Å²) in [7, 11) is 0. The van der Waals surface area contributed by atoms with Crippen molar-refractivity contribution in [2.75, 3.05) is 78.5 Å². The number of hydrogen-bond acceptors (Lipinski definition) is 4. The highest BCUT2D eigenvalue weighted by Gasteiger charge is 2.14. The van der Waals surface area contributed by atoms with Gasteiger partial charge in [-0.15, -0.1) is 0 Å². The summed E-state index contributed by atoms with van der Waals surface area (Å²) in [6, 6.07) is 0. The molecule has 164 valence electrons. The molecule has 4 nitrogen and oxygen atoms in total. The Morgan fingerprint density at radius 3 is 0.643 bits per heavy atom. The predicted octanol–water partition coefficient (Wildman–Crippen LogP) is 3.92. The standard InChI is InChI=1S/2C12H24N2/c2*1-2-8-13(7-1)11-5-6-12-14-9-3-4-10-14/h2*1-12H2. The number of hydrogen-bond donors (Lipinski definition) is 0. The Morgan fingerprint density at radius 2 is 0.464 bits per heavy atom. The Morgan fingerprint density at radius 1 is 0.286 bits per heavy atom. The third-order valence-corrected chi connectivity index (χ3v) is 7.19. The van der Waals surface area contributed by atoms with Crippen molar-refractivity contribution in [2.24, 2.45) is 0 Å². The first kappa shape index (κ1) is 22.5. The van der Waals surface area contributed by atoms with Crippen molar-refractivity contribution in [1.29, 1.82) is 0 Å². The molecule has 0 spiro atoms. The molecule has 0 unspecified atom stereocenters. The highest BCUT2D eigenvalue weighted by Crippen LogP contribution is 2.12. The second-order valence-electron chi connectivity index (χ2n) is 9.61. The van der Waals surface area contributed by atoms with E-state index in [1.807, 2.05) is 0 Å². The second-order valence-corrected chi connectivity index (χ2v) is 9.61. The predicted molar refractivity (Wildman–Crippen MR) is 121 cm³/mol. The van der Waals surface area contributed by atoms with E-state index in [1.165, 1.54) is 156 Å². The van der Waals surface area contributed by atoms with E-state index in [2.05, 4.69) is 19.6 Å². The van der Waals surface area contributed by atoms with Crippen molar-refractivity contribution in [1.82, 2.24) is 19.6 Å². The summed E-state index contributed by atoms with van der Waals surface area (Å²) in [5, 5.41) is 0. The van der Waals surface area contributed by atoms with E-state index >= 15 is 0 Å². The van der Waals surface area contributed by atoms with E-state index in [0.29, 0.717) is 0 Å². The summed E-state index contributed by atoms with van der Waals surface area (Å²) in [4.78, 5) is 10.5. The van der Waals surface area contributed by atoms with Gasteiger partial charge in [0.25, 0.3) is 0 Å². The largest absolute Gasteiger partial charge is 0.303 e. The lowest BCUT2D eigenvalue weighted by Crippen LogP contribution is -2.23. The summed E-state index contributed by atoms with van der Waals surface area (Å²) in [5.74, 6) is 0. The van der Waals surface area contributed by atoms with Crippen LogP contribution < -0.4 is 0 Å². The molecule has 4 aliphatic heterocycles. The Labute approximate surface area is 175 Å². The van der Waals surface area contributed by atoms with Crippen LogP contribution in [0.4, 0.5) is 0 Å². The van der Waals surface area contributed by atoms with Crippen LogP contribution in [0, 0.1) is 0 Å². The van der Waals surface area contributed by atoms with Crippen LogP contribution in [-0.2, 0) is 0 Å². The van der Waals surface area contributed by atoms with Gasteiger partial charge in [-0.1, -0.05) is 0 Å². The first-order valence-electron chi connectivity index (χ1n) is 12.8. The van der Waals surface area contributed by atoms with Crippen molar-refractivity contribution >= 4 is 0 Å². The fraction of sp³-hybridized carbons (Fsp3) is 1.00. The van der Waals surface area contributed by atoms with Crippen molar-refractivity contribution in [3.05, 3.63) is 0 Å². The van der Waals surface area contributed by atoms with E-state index in [9.17, 15) is 0 Å². The fourth-order valence-corrected chi connectivity index (χ4v) is 5.37. The molecule has 0 amide bonds. The summed E-state index contributed by atoms with van der Waals surface area (Å²) < 4.78 is 0. The molecule has 4 fully saturated rings. The summed E-state index contributed by atoms with van der Waals surface area (Å²) in [5.41, 5.74) is 0. The average molecular weight is 393 g/mol. The van der Waals surface area contributed by atoms with E-state index in [4.69, 9.17) is 0 Å². The van der Waals surface area contributed by atoms with Gasteiger partial charge in [-0.2, -0.15) is 0 Å². The van der Waals surface area contributed by atoms with Gasteiger partial charge in [-0.25, -0.2) is 0 Å². The average Bonchev–Trinajstić information content (AvgIpc) is 3.51. The van der Waals surface area contributed by atoms with Gasteiger partial charge < -0.3 is 19.6 Å². The molecule has 0 N–H and O–H groups in total. The van der Waals surface area contributed by atoms with Crippen molar-refractivity contribution in [2.45, 2.75) is 77.0 Å². The maximum Gasteiger partial charge on any atom is -0.00183 e. The molecule has 0 saturated carbocycles. The van der Waals surface area contributed by atoms with E-state index in [1.54, 1.807) is 0 Å². The number of rotatable bonds is 10. The maximum atomic E-state index is 2.63. The zero-order valence-corrected chi connectivity index (χ0v) is 18.8. The molecule has 0 aromatic carbocycles. The van der Waals surface area contributed by atoms with Crippen LogP contribution in [-0.4, -0.2) is 98.1 Å². The summed E-state index contributed by atoms with van der Waals surface area (Å²) >= 11 is 0. The van der Waals surface area contributed by atoms with Crippen LogP contribution in [0.3, 0.4) is 0 Å². The molecule has 4 saturated heterocycles. The molecule has 0 aromatic rings. The molecule has 4 rings (SSSR count).